The molecule has 0 bridgehead atoms. The first-order chi connectivity index (χ1) is 14.0. The average Bonchev–Trinajstić information content (AvgIpc) is 2.77. The quantitative estimate of drug-likeness (QED) is 0.377. The fourth-order valence-electron chi connectivity index (χ4n) is 2.79. The van der Waals surface area contributed by atoms with Gasteiger partial charge in [-0.05, 0) is 53.9 Å². The standard InChI is InChI=1S/C24H21ClO4/c1-28-23(26)15-6-17-4-13-22(14-5-17)29-16-18-2-7-19(8-3-18)24(27)20-9-11-21(25)12-10-20/h2-5,7-14H,6,15-16H2,1H3. The topological polar surface area (TPSA) is 52.6 Å². The smallest absolute Gasteiger partial charge is 0.305 e. The van der Waals surface area contributed by atoms with E-state index in [0.717, 1.165) is 16.9 Å². The Balaban J connectivity index is 1.54. The molecule has 0 spiro atoms. The molecule has 0 fully saturated rings. The van der Waals surface area contributed by atoms with Crippen molar-refractivity contribution in [2.75, 3.05) is 7.11 Å². The predicted molar refractivity (Wildman–Crippen MR) is 112 cm³/mol. The molecule has 0 atom stereocenters. The Morgan fingerprint density at radius 1 is 0.793 bits per heavy atom. The van der Waals surface area contributed by atoms with Crippen LogP contribution in [0, 0.1) is 0 Å². The highest BCUT2D eigenvalue weighted by atomic mass is 35.5. The van der Waals surface area contributed by atoms with Crippen LogP contribution >= 0.6 is 11.6 Å². The van der Waals surface area contributed by atoms with Crippen LogP contribution in [-0.2, 0) is 22.6 Å². The lowest BCUT2D eigenvalue weighted by atomic mass is 10.0. The van der Waals surface area contributed by atoms with Crippen molar-refractivity contribution in [2.24, 2.45) is 0 Å². The lowest BCUT2D eigenvalue weighted by Crippen LogP contribution is -2.02. The van der Waals surface area contributed by atoms with E-state index in [1.165, 1.54) is 7.11 Å². The Kier molecular flexibility index (Phi) is 7.04. The monoisotopic (exact) mass is 408 g/mol. The first-order valence-corrected chi connectivity index (χ1v) is 9.61. The van der Waals surface area contributed by atoms with Crippen molar-refractivity contribution in [3.63, 3.8) is 0 Å². The first kappa shape index (κ1) is 20.6. The molecule has 3 aromatic carbocycles. The summed E-state index contributed by atoms with van der Waals surface area (Å²) < 4.78 is 10.4. The van der Waals surface area contributed by atoms with Gasteiger partial charge in [-0.15, -0.1) is 0 Å². The lowest BCUT2D eigenvalue weighted by Gasteiger charge is -2.08. The predicted octanol–water partition coefficient (Wildman–Crippen LogP) is 5.26. The molecule has 0 aliphatic heterocycles. The fraction of sp³-hybridized carbons (Fsp3) is 0.167. The number of carbonyl (C=O) groups is 2. The van der Waals surface area contributed by atoms with Crippen molar-refractivity contribution in [1.82, 2.24) is 0 Å². The van der Waals surface area contributed by atoms with Gasteiger partial charge in [0.05, 0.1) is 7.11 Å². The molecule has 4 nitrogen and oxygen atoms in total. The lowest BCUT2D eigenvalue weighted by molar-refractivity contribution is -0.140. The minimum absolute atomic E-state index is 0.0447. The molecular weight excluding hydrogens is 388 g/mol. The highest BCUT2D eigenvalue weighted by molar-refractivity contribution is 6.30. The second kappa shape index (κ2) is 9.89. The SMILES string of the molecule is COC(=O)CCc1ccc(OCc2ccc(C(=O)c3ccc(Cl)cc3)cc2)cc1. The number of esters is 1. The van der Waals surface area contributed by atoms with Gasteiger partial charge in [0.1, 0.15) is 12.4 Å². The number of halogens is 1. The third-order valence-electron chi connectivity index (χ3n) is 4.50. The fourth-order valence-corrected chi connectivity index (χ4v) is 2.91. The zero-order valence-corrected chi connectivity index (χ0v) is 16.8. The second-order valence-corrected chi connectivity index (χ2v) is 6.98. The van der Waals surface area contributed by atoms with Crippen LogP contribution in [-0.4, -0.2) is 18.9 Å². The van der Waals surface area contributed by atoms with Crippen molar-refractivity contribution < 1.29 is 19.1 Å². The van der Waals surface area contributed by atoms with Crippen LogP contribution in [0.5, 0.6) is 5.75 Å². The summed E-state index contributed by atoms with van der Waals surface area (Å²) in [6.45, 7) is 0.400. The van der Waals surface area contributed by atoms with E-state index in [1.807, 2.05) is 36.4 Å². The summed E-state index contributed by atoms with van der Waals surface area (Å²) >= 11 is 5.87. The molecule has 3 aromatic rings. The Morgan fingerprint density at radius 3 is 1.93 bits per heavy atom. The molecule has 0 saturated carbocycles. The molecule has 0 saturated heterocycles. The van der Waals surface area contributed by atoms with E-state index in [0.29, 0.717) is 35.6 Å². The number of ether oxygens (including phenoxy) is 2. The number of carbonyl (C=O) groups excluding carboxylic acids is 2. The number of ketones is 1. The van der Waals surface area contributed by atoms with Crippen LogP contribution in [0.3, 0.4) is 0 Å². The highest BCUT2D eigenvalue weighted by Crippen LogP contribution is 2.17. The van der Waals surface area contributed by atoms with Crippen molar-refractivity contribution in [3.8, 4) is 5.75 Å². The Bertz CT molecular complexity index is 961. The minimum Gasteiger partial charge on any atom is -0.489 e. The molecule has 0 amide bonds. The molecule has 0 radical (unpaired) electrons. The van der Waals surface area contributed by atoms with Crippen LogP contribution in [0.15, 0.2) is 72.8 Å². The number of aryl methyl sites for hydroxylation is 1. The van der Waals surface area contributed by atoms with Crippen molar-refractivity contribution >= 4 is 23.4 Å². The van der Waals surface area contributed by atoms with Gasteiger partial charge in [-0.25, -0.2) is 0 Å². The van der Waals surface area contributed by atoms with Gasteiger partial charge in [-0.1, -0.05) is 48.0 Å². The van der Waals surface area contributed by atoms with E-state index in [1.54, 1.807) is 36.4 Å². The molecule has 0 aliphatic rings. The molecule has 0 unspecified atom stereocenters. The van der Waals surface area contributed by atoms with E-state index < -0.39 is 0 Å². The molecule has 0 aromatic heterocycles. The molecule has 148 valence electrons. The van der Waals surface area contributed by atoms with Crippen LogP contribution < -0.4 is 4.74 Å². The highest BCUT2D eigenvalue weighted by Gasteiger charge is 2.09. The summed E-state index contributed by atoms with van der Waals surface area (Å²) in [4.78, 5) is 23.7. The van der Waals surface area contributed by atoms with Gasteiger partial charge in [0.2, 0.25) is 0 Å². The second-order valence-electron chi connectivity index (χ2n) is 6.54. The van der Waals surface area contributed by atoms with Gasteiger partial charge in [-0.2, -0.15) is 0 Å². The number of rotatable bonds is 8. The molecule has 29 heavy (non-hydrogen) atoms. The van der Waals surface area contributed by atoms with E-state index >= 15 is 0 Å². The molecule has 5 heteroatoms. The van der Waals surface area contributed by atoms with Crippen molar-refractivity contribution in [1.29, 1.82) is 0 Å². The first-order valence-electron chi connectivity index (χ1n) is 9.23. The maximum absolute atomic E-state index is 12.5. The van der Waals surface area contributed by atoms with E-state index in [4.69, 9.17) is 16.3 Å². The molecule has 0 heterocycles. The summed E-state index contributed by atoms with van der Waals surface area (Å²) in [5, 5.41) is 0.602. The van der Waals surface area contributed by atoms with Gasteiger partial charge >= 0.3 is 5.97 Å². The zero-order chi connectivity index (χ0) is 20.6. The van der Waals surface area contributed by atoms with Gasteiger partial charge in [0.25, 0.3) is 0 Å². The minimum atomic E-state index is -0.219. The van der Waals surface area contributed by atoms with E-state index in [2.05, 4.69) is 4.74 Å². The van der Waals surface area contributed by atoms with Crippen molar-refractivity contribution in [2.45, 2.75) is 19.4 Å². The molecule has 3 rings (SSSR count). The normalized spacial score (nSPS) is 10.4. The zero-order valence-electron chi connectivity index (χ0n) is 16.1. The Hall–Kier alpha value is -3.11. The van der Waals surface area contributed by atoms with Gasteiger partial charge in [0, 0.05) is 22.6 Å². The Morgan fingerprint density at radius 2 is 1.34 bits per heavy atom. The van der Waals surface area contributed by atoms with E-state index in [-0.39, 0.29) is 11.8 Å². The van der Waals surface area contributed by atoms with Gasteiger partial charge in [-0.3, -0.25) is 9.59 Å². The van der Waals surface area contributed by atoms with Crippen LogP contribution in [0.1, 0.15) is 33.5 Å². The number of hydrogen-bond acceptors (Lipinski definition) is 4. The summed E-state index contributed by atoms with van der Waals surface area (Å²) in [5.74, 6) is 0.480. The maximum atomic E-state index is 12.5. The largest absolute Gasteiger partial charge is 0.489 e. The van der Waals surface area contributed by atoms with Gasteiger partial charge < -0.3 is 9.47 Å². The number of hydrogen-bond donors (Lipinski definition) is 0. The summed E-state index contributed by atoms with van der Waals surface area (Å²) in [7, 11) is 1.39. The Labute approximate surface area is 175 Å². The summed E-state index contributed by atoms with van der Waals surface area (Å²) in [5.41, 5.74) is 3.23. The number of methoxy groups -OCH3 is 1. The molecule has 0 N–H and O–H groups in total. The average molecular weight is 409 g/mol. The summed E-state index contributed by atoms with van der Waals surface area (Å²) in [6.07, 6.45) is 0.994. The third kappa shape index (κ3) is 5.93. The van der Waals surface area contributed by atoms with Crippen LogP contribution in [0.25, 0.3) is 0 Å². The third-order valence-corrected chi connectivity index (χ3v) is 4.75. The molecule has 0 aliphatic carbocycles. The van der Waals surface area contributed by atoms with E-state index in [9.17, 15) is 9.59 Å². The van der Waals surface area contributed by atoms with Crippen LogP contribution in [0.4, 0.5) is 0 Å². The number of benzene rings is 3. The summed E-state index contributed by atoms with van der Waals surface area (Å²) in [6, 6.07) is 21.8. The van der Waals surface area contributed by atoms with Gasteiger partial charge in [0.15, 0.2) is 5.78 Å². The molecular formula is C24H21ClO4. The maximum Gasteiger partial charge on any atom is 0.305 e. The van der Waals surface area contributed by atoms with Crippen molar-refractivity contribution in [3.05, 3.63) is 100 Å². The van der Waals surface area contributed by atoms with Crippen LogP contribution in [0.2, 0.25) is 5.02 Å².